The van der Waals surface area contributed by atoms with Gasteiger partial charge in [0.15, 0.2) is 5.78 Å². The van der Waals surface area contributed by atoms with Gasteiger partial charge in [-0.05, 0) is 29.8 Å². The number of nitrogens with zero attached hydrogens (tertiary/aromatic N) is 4. The van der Waals surface area contributed by atoms with Gasteiger partial charge in [-0.15, -0.1) is 0 Å². The largest absolute Gasteiger partial charge is 0.399 e. The van der Waals surface area contributed by atoms with E-state index >= 15 is 0 Å². The molecule has 5 rings (SSSR count). The van der Waals surface area contributed by atoms with Crippen LogP contribution in [0.1, 0.15) is 39.3 Å². The molecule has 0 saturated heterocycles. The standard InChI is InChI=1S/C20H17FN6O/c1-27-20(24-9-25-27)17-18(10-2-4-12(22)5-3-10)26-14-7-11(21)6-13-15(28)8-23-19(17)16(13)14/h2-7,9,17-18,26H,8,22H2,1H3/t17-,18-/m1/s1. The number of carbonyl (C=O) groups excluding carboxylic acids is 1. The SMILES string of the molecule is Cn1ncnc1[C@H]1C2=NCC(=O)c3cc(F)cc(c32)N[C@@H]1c1ccc(N)cc1. The molecule has 0 radical (unpaired) electrons. The van der Waals surface area contributed by atoms with Crippen LogP contribution in [0.4, 0.5) is 15.8 Å². The molecule has 0 spiro atoms. The molecule has 0 aliphatic carbocycles. The van der Waals surface area contributed by atoms with E-state index in [1.165, 1.54) is 18.5 Å². The van der Waals surface area contributed by atoms with Gasteiger partial charge in [0.05, 0.1) is 17.7 Å². The molecule has 0 fully saturated rings. The summed E-state index contributed by atoms with van der Waals surface area (Å²) in [6.07, 6.45) is 1.49. The van der Waals surface area contributed by atoms with E-state index in [4.69, 9.17) is 5.73 Å². The fourth-order valence-electron chi connectivity index (χ4n) is 4.04. The number of benzene rings is 2. The van der Waals surface area contributed by atoms with E-state index in [9.17, 15) is 9.18 Å². The molecule has 0 bridgehead atoms. The van der Waals surface area contributed by atoms with Crippen molar-refractivity contribution >= 4 is 22.9 Å². The van der Waals surface area contributed by atoms with Crippen LogP contribution < -0.4 is 11.1 Å². The number of hydrogen-bond acceptors (Lipinski definition) is 6. The highest BCUT2D eigenvalue weighted by Crippen LogP contribution is 2.44. The molecule has 2 aliphatic rings. The molecule has 0 saturated carbocycles. The van der Waals surface area contributed by atoms with E-state index < -0.39 is 5.82 Å². The van der Waals surface area contributed by atoms with Crippen LogP contribution >= 0.6 is 0 Å². The van der Waals surface area contributed by atoms with E-state index in [0.29, 0.717) is 28.3 Å². The van der Waals surface area contributed by atoms with Crippen molar-refractivity contribution in [3.8, 4) is 0 Å². The molecular weight excluding hydrogens is 359 g/mol. The molecule has 0 amide bonds. The molecule has 7 nitrogen and oxygen atoms in total. The Hall–Kier alpha value is -3.55. The Morgan fingerprint density at radius 3 is 2.75 bits per heavy atom. The van der Waals surface area contributed by atoms with Crippen LogP contribution in [0, 0.1) is 5.82 Å². The Morgan fingerprint density at radius 2 is 2.04 bits per heavy atom. The summed E-state index contributed by atoms with van der Waals surface area (Å²) in [5, 5.41) is 7.61. The zero-order valence-electron chi connectivity index (χ0n) is 15.1. The number of aliphatic imine (C=N–C) groups is 1. The maximum Gasteiger partial charge on any atom is 0.185 e. The van der Waals surface area contributed by atoms with Gasteiger partial charge in [0, 0.05) is 29.5 Å². The number of nitrogen functional groups attached to an aromatic ring is 1. The highest BCUT2D eigenvalue weighted by molar-refractivity contribution is 6.21. The summed E-state index contributed by atoms with van der Waals surface area (Å²) in [4.78, 5) is 21.4. The summed E-state index contributed by atoms with van der Waals surface area (Å²) in [6, 6.07) is 9.93. The summed E-state index contributed by atoms with van der Waals surface area (Å²) in [5.41, 5.74) is 9.75. The van der Waals surface area contributed by atoms with Crippen LogP contribution in [-0.4, -0.2) is 32.8 Å². The predicted molar refractivity (Wildman–Crippen MR) is 103 cm³/mol. The van der Waals surface area contributed by atoms with Crippen LogP contribution in [-0.2, 0) is 7.05 Å². The number of Topliss-reactive ketones (excluding diaryl/α,β-unsaturated/α-hetero) is 1. The summed E-state index contributed by atoms with van der Waals surface area (Å²) in [6.45, 7) is -0.00592. The average Bonchev–Trinajstić information content (AvgIpc) is 3.10. The third-order valence-electron chi connectivity index (χ3n) is 5.31. The number of ketones is 1. The molecule has 2 atom stereocenters. The van der Waals surface area contributed by atoms with Gasteiger partial charge < -0.3 is 11.1 Å². The monoisotopic (exact) mass is 376 g/mol. The minimum atomic E-state index is -0.455. The summed E-state index contributed by atoms with van der Waals surface area (Å²) in [7, 11) is 1.82. The van der Waals surface area contributed by atoms with Crippen LogP contribution in [0.5, 0.6) is 0 Å². The smallest absolute Gasteiger partial charge is 0.185 e. The lowest BCUT2D eigenvalue weighted by Gasteiger charge is -2.37. The molecule has 2 aromatic carbocycles. The number of hydrogen-bond donors (Lipinski definition) is 2. The highest BCUT2D eigenvalue weighted by Gasteiger charge is 2.41. The van der Waals surface area contributed by atoms with Crippen molar-refractivity contribution in [1.29, 1.82) is 0 Å². The lowest BCUT2D eigenvalue weighted by molar-refractivity contribution is 0.0999. The van der Waals surface area contributed by atoms with Crippen LogP contribution in [0.3, 0.4) is 0 Å². The second-order valence-corrected chi connectivity index (χ2v) is 7.01. The first-order valence-electron chi connectivity index (χ1n) is 8.90. The molecular formula is C20H17FN6O. The van der Waals surface area contributed by atoms with Gasteiger partial charge in [-0.1, -0.05) is 12.1 Å². The third-order valence-corrected chi connectivity index (χ3v) is 5.31. The molecule has 3 aromatic rings. The Labute approximate surface area is 160 Å². The molecule has 3 N–H and O–H groups in total. The normalized spacial score (nSPS) is 20.4. The maximum absolute atomic E-state index is 14.2. The van der Waals surface area contributed by atoms with Gasteiger partial charge >= 0.3 is 0 Å². The van der Waals surface area contributed by atoms with Crippen molar-refractivity contribution in [3.05, 3.63) is 71.1 Å². The number of rotatable bonds is 2. The summed E-state index contributed by atoms with van der Waals surface area (Å²) < 4.78 is 15.9. The highest BCUT2D eigenvalue weighted by atomic mass is 19.1. The Morgan fingerprint density at radius 1 is 1.25 bits per heavy atom. The van der Waals surface area contributed by atoms with Gasteiger partial charge in [-0.2, -0.15) is 5.10 Å². The Balaban J connectivity index is 1.76. The van der Waals surface area contributed by atoms with Gasteiger partial charge in [0.1, 0.15) is 24.5 Å². The molecule has 8 heteroatoms. The minimum Gasteiger partial charge on any atom is -0.399 e. The van der Waals surface area contributed by atoms with Crippen molar-refractivity contribution in [2.24, 2.45) is 12.0 Å². The molecule has 1 aromatic heterocycles. The molecule has 0 unspecified atom stereocenters. The lowest BCUT2D eigenvalue weighted by Crippen LogP contribution is -2.37. The van der Waals surface area contributed by atoms with Gasteiger partial charge in [0.2, 0.25) is 0 Å². The number of nitrogens with one attached hydrogen (secondary N) is 1. The Kier molecular flexibility index (Phi) is 3.55. The zero-order chi connectivity index (χ0) is 19.4. The van der Waals surface area contributed by atoms with Crippen molar-refractivity contribution < 1.29 is 9.18 Å². The number of halogens is 1. The zero-order valence-corrected chi connectivity index (χ0v) is 15.1. The lowest BCUT2D eigenvalue weighted by atomic mass is 9.78. The number of aromatic nitrogens is 3. The van der Waals surface area contributed by atoms with Crippen molar-refractivity contribution in [2.45, 2.75) is 12.0 Å². The molecule has 28 heavy (non-hydrogen) atoms. The Bertz CT molecular complexity index is 1130. The average molecular weight is 376 g/mol. The van der Waals surface area contributed by atoms with Gasteiger partial charge in [-0.3, -0.25) is 14.5 Å². The van der Waals surface area contributed by atoms with Gasteiger partial charge in [-0.25, -0.2) is 9.37 Å². The molecule has 2 aliphatic heterocycles. The van der Waals surface area contributed by atoms with Crippen LogP contribution in [0.25, 0.3) is 0 Å². The van der Waals surface area contributed by atoms with Crippen LogP contribution in [0.2, 0.25) is 0 Å². The van der Waals surface area contributed by atoms with E-state index in [1.54, 1.807) is 4.68 Å². The van der Waals surface area contributed by atoms with Crippen LogP contribution in [0.15, 0.2) is 47.7 Å². The fourth-order valence-corrected chi connectivity index (χ4v) is 4.04. The van der Waals surface area contributed by atoms with Crippen molar-refractivity contribution in [1.82, 2.24) is 14.8 Å². The van der Waals surface area contributed by atoms with E-state index in [0.717, 1.165) is 11.3 Å². The first kappa shape index (κ1) is 16.6. The third kappa shape index (κ3) is 2.41. The number of carbonyl (C=O) groups is 1. The van der Waals surface area contributed by atoms with Crippen molar-refractivity contribution in [3.63, 3.8) is 0 Å². The number of anilines is 2. The summed E-state index contributed by atoms with van der Waals surface area (Å²) >= 11 is 0. The van der Waals surface area contributed by atoms with E-state index in [2.05, 4.69) is 20.4 Å². The fraction of sp³-hybridized carbons (Fsp3) is 0.200. The van der Waals surface area contributed by atoms with Gasteiger partial charge in [0.25, 0.3) is 0 Å². The summed E-state index contributed by atoms with van der Waals surface area (Å²) in [5.74, 6) is -0.225. The maximum atomic E-state index is 14.2. The predicted octanol–water partition coefficient (Wildman–Crippen LogP) is 2.47. The van der Waals surface area contributed by atoms with E-state index in [-0.39, 0.29) is 24.3 Å². The first-order valence-corrected chi connectivity index (χ1v) is 8.90. The van der Waals surface area contributed by atoms with Crippen molar-refractivity contribution in [2.75, 3.05) is 17.6 Å². The first-order chi connectivity index (χ1) is 13.5. The number of aryl methyl sites for hydroxylation is 1. The number of nitrogens with two attached hydrogens (primary N) is 1. The second-order valence-electron chi connectivity index (χ2n) is 7.01. The molecule has 140 valence electrons. The van der Waals surface area contributed by atoms with E-state index in [1.807, 2.05) is 31.3 Å². The minimum absolute atomic E-state index is 0.00592. The quantitative estimate of drug-likeness (QED) is 0.670. The molecule has 3 heterocycles. The second kappa shape index (κ2) is 5.98. The topological polar surface area (TPSA) is 98.2 Å².